The van der Waals surface area contributed by atoms with E-state index in [0.29, 0.717) is 12.1 Å². The molecule has 0 saturated heterocycles. The van der Waals surface area contributed by atoms with E-state index in [-0.39, 0.29) is 21.1 Å². The summed E-state index contributed by atoms with van der Waals surface area (Å²) >= 11 is 6.00. The number of halogens is 12. The first-order chi connectivity index (χ1) is 17.3. The lowest BCUT2D eigenvalue weighted by Crippen LogP contribution is -2.42. The molecule has 0 bridgehead atoms. The highest BCUT2D eigenvalue weighted by molar-refractivity contribution is 9.11. The van der Waals surface area contributed by atoms with E-state index in [9.17, 15) is 53.5 Å². The monoisotopic (exact) mass is 686 g/mol. The topological polar surface area (TPSA) is 58.2 Å². The summed E-state index contributed by atoms with van der Waals surface area (Å²) in [5.41, 5.74) is -1.28. The number of alkyl halides is 9. The summed E-state index contributed by atoms with van der Waals surface area (Å²) in [5.74, 6) is -7.20. The van der Waals surface area contributed by atoms with Crippen LogP contribution in [0.15, 0.2) is 51.4 Å². The van der Waals surface area contributed by atoms with Gasteiger partial charge in [0.05, 0.1) is 17.5 Å². The van der Waals surface area contributed by atoms with Crippen molar-refractivity contribution in [2.75, 3.05) is 0 Å². The van der Waals surface area contributed by atoms with E-state index in [0.717, 1.165) is 12.1 Å². The lowest BCUT2D eigenvalue weighted by atomic mass is 9.95. The number of carbonyl (C=O) groups is 2. The number of hydrogen-bond donors (Lipinski definition) is 2. The third-order valence-electron chi connectivity index (χ3n) is 4.71. The predicted octanol–water partition coefficient (Wildman–Crippen LogP) is 7.99. The molecule has 0 heterocycles. The number of benzene rings is 2. The molecule has 2 aromatic carbocycles. The smallest absolute Gasteiger partial charge is 0.273 e. The van der Waals surface area contributed by atoms with Gasteiger partial charge in [-0.3, -0.25) is 20.4 Å². The lowest BCUT2D eigenvalue weighted by Gasteiger charge is -2.19. The summed E-state index contributed by atoms with van der Waals surface area (Å²) < 4.78 is 134. The zero-order valence-corrected chi connectivity index (χ0v) is 21.6. The number of amides is 2. The Balaban J connectivity index is 2.39. The molecule has 1 unspecified atom stereocenters. The molecule has 38 heavy (non-hydrogen) atoms. The average molecular weight is 688 g/mol. The van der Waals surface area contributed by atoms with Gasteiger partial charge in [0.25, 0.3) is 5.91 Å². The first-order valence-electron chi connectivity index (χ1n) is 10.1. The van der Waals surface area contributed by atoms with Crippen molar-refractivity contribution >= 4 is 49.5 Å². The van der Waals surface area contributed by atoms with Crippen LogP contribution in [0.4, 0.5) is 43.9 Å². The standard InChI is InChI=1S/C22H14Br2F10N2O2/c23-12-5-11(6-13(24)8-12)15(21(29,30)31)9-17(25)10-1-2-14(16(7-10)22(32,33)34)19(38)36-35-18(37)3-4-20(26,27)28/h1-2,5-9,15H,3-4H2,(H,35,37)(H,36,38). The number of rotatable bonds is 6. The molecule has 208 valence electrons. The van der Waals surface area contributed by atoms with Crippen molar-refractivity contribution in [1.29, 1.82) is 0 Å². The van der Waals surface area contributed by atoms with E-state index in [1.54, 1.807) is 0 Å². The molecule has 0 aliphatic heterocycles. The number of allylic oxidation sites excluding steroid dienone is 1. The molecule has 2 amide bonds. The van der Waals surface area contributed by atoms with Crippen molar-refractivity contribution in [2.24, 2.45) is 0 Å². The Morgan fingerprint density at radius 2 is 1.45 bits per heavy atom. The molecule has 2 rings (SSSR count). The third kappa shape index (κ3) is 9.29. The fraction of sp³-hybridized carbons (Fsp3) is 0.273. The Labute approximate surface area is 224 Å². The summed E-state index contributed by atoms with van der Waals surface area (Å²) in [4.78, 5) is 23.5. The van der Waals surface area contributed by atoms with Crippen LogP contribution >= 0.6 is 31.9 Å². The minimum atomic E-state index is -5.30. The molecule has 4 nitrogen and oxygen atoms in total. The molecule has 2 aromatic rings. The van der Waals surface area contributed by atoms with Crippen molar-refractivity contribution in [2.45, 2.75) is 37.3 Å². The minimum Gasteiger partial charge on any atom is -0.273 e. The maximum atomic E-state index is 14.9. The summed E-state index contributed by atoms with van der Waals surface area (Å²) in [6.07, 6.45) is -17.6. The second-order valence-corrected chi connectivity index (χ2v) is 9.44. The minimum absolute atomic E-state index is 0.0737. The molecule has 2 N–H and O–H groups in total. The van der Waals surface area contributed by atoms with E-state index in [1.165, 1.54) is 16.9 Å². The van der Waals surface area contributed by atoms with Gasteiger partial charge in [-0.15, -0.1) is 0 Å². The summed E-state index contributed by atoms with van der Waals surface area (Å²) in [5, 5.41) is 0. The second-order valence-electron chi connectivity index (χ2n) is 7.61. The van der Waals surface area contributed by atoms with Crippen LogP contribution in [0, 0.1) is 0 Å². The first kappa shape index (κ1) is 31.6. The Kier molecular flexibility index (Phi) is 10.0. The van der Waals surface area contributed by atoms with Crippen LogP contribution < -0.4 is 10.9 Å². The van der Waals surface area contributed by atoms with Gasteiger partial charge >= 0.3 is 18.5 Å². The number of hydrazine groups is 1. The molecule has 0 fully saturated rings. The molecule has 0 aliphatic rings. The Morgan fingerprint density at radius 1 is 0.868 bits per heavy atom. The molecule has 0 spiro atoms. The van der Waals surface area contributed by atoms with Gasteiger partial charge in [-0.1, -0.05) is 37.9 Å². The van der Waals surface area contributed by atoms with Crippen LogP contribution in [0.3, 0.4) is 0 Å². The van der Waals surface area contributed by atoms with E-state index in [4.69, 9.17) is 0 Å². The van der Waals surface area contributed by atoms with E-state index in [2.05, 4.69) is 31.9 Å². The highest BCUT2D eigenvalue weighted by Gasteiger charge is 2.41. The quantitative estimate of drug-likeness (QED) is 0.239. The van der Waals surface area contributed by atoms with Crippen LogP contribution in [0.25, 0.3) is 5.83 Å². The first-order valence-corrected chi connectivity index (χ1v) is 11.6. The van der Waals surface area contributed by atoms with Gasteiger partial charge in [0.15, 0.2) is 0 Å². The lowest BCUT2D eigenvalue weighted by molar-refractivity contribution is -0.144. The zero-order valence-electron chi connectivity index (χ0n) is 18.4. The maximum absolute atomic E-state index is 14.9. The number of carbonyl (C=O) groups excluding carboxylic acids is 2. The molecule has 16 heteroatoms. The normalized spacial score (nSPS) is 13.7. The van der Waals surface area contributed by atoms with Gasteiger partial charge < -0.3 is 0 Å². The molecule has 0 radical (unpaired) electrons. The van der Waals surface area contributed by atoms with E-state index < -0.39 is 77.2 Å². The maximum Gasteiger partial charge on any atom is 0.417 e. The molecule has 1 atom stereocenters. The fourth-order valence-corrected chi connectivity index (χ4v) is 4.34. The predicted molar refractivity (Wildman–Crippen MR) is 122 cm³/mol. The zero-order chi connectivity index (χ0) is 29.1. The van der Waals surface area contributed by atoms with Gasteiger partial charge in [-0.2, -0.15) is 39.5 Å². The van der Waals surface area contributed by atoms with Crippen LogP contribution in [-0.4, -0.2) is 24.2 Å². The van der Waals surface area contributed by atoms with Crippen molar-refractivity contribution in [3.8, 4) is 0 Å². The summed E-state index contributed by atoms with van der Waals surface area (Å²) in [7, 11) is 0. The molecule has 0 aliphatic carbocycles. The van der Waals surface area contributed by atoms with Gasteiger partial charge in [0.2, 0.25) is 5.91 Å². The average Bonchev–Trinajstić information content (AvgIpc) is 2.76. The highest BCUT2D eigenvalue weighted by atomic mass is 79.9. The fourth-order valence-electron chi connectivity index (χ4n) is 3.01. The van der Waals surface area contributed by atoms with Crippen molar-refractivity contribution < 1.29 is 53.5 Å². The van der Waals surface area contributed by atoms with Crippen LogP contribution in [0.5, 0.6) is 0 Å². The molecular formula is C22H14Br2F10N2O2. The Morgan fingerprint density at radius 3 is 1.95 bits per heavy atom. The van der Waals surface area contributed by atoms with Crippen molar-refractivity contribution in [3.05, 3.63) is 73.7 Å². The van der Waals surface area contributed by atoms with Gasteiger partial charge in [0, 0.05) is 20.9 Å². The van der Waals surface area contributed by atoms with Gasteiger partial charge in [-0.25, -0.2) is 4.39 Å². The second kappa shape index (κ2) is 12.1. The molecular weight excluding hydrogens is 674 g/mol. The highest BCUT2D eigenvalue weighted by Crippen LogP contribution is 2.41. The van der Waals surface area contributed by atoms with Crippen molar-refractivity contribution in [1.82, 2.24) is 10.9 Å². The van der Waals surface area contributed by atoms with Crippen LogP contribution in [0.2, 0.25) is 0 Å². The Hall–Kier alpha value is -2.62. The van der Waals surface area contributed by atoms with Gasteiger partial charge in [-0.05, 0) is 42.0 Å². The van der Waals surface area contributed by atoms with E-state index >= 15 is 0 Å². The van der Waals surface area contributed by atoms with Crippen LogP contribution in [-0.2, 0) is 11.0 Å². The van der Waals surface area contributed by atoms with Crippen LogP contribution in [0.1, 0.15) is 45.8 Å². The Bertz CT molecular complexity index is 1200. The third-order valence-corrected chi connectivity index (χ3v) is 5.62. The summed E-state index contributed by atoms with van der Waals surface area (Å²) in [6, 6.07) is 4.65. The van der Waals surface area contributed by atoms with E-state index in [1.807, 2.05) is 0 Å². The van der Waals surface area contributed by atoms with Crippen molar-refractivity contribution in [3.63, 3.8) is 0 Å². The number of hydrogen-bond acceptors (Lipinski definition) is 2. The molecule has 0 aromatic heterocycles. The SMILES string of the molecule is O=C(CCC(F)(F)F)NNC(=O)c1ccc(C(F)=CC(c2cc(Br)cc(Br)c2)C(F)(F)F)cc1C(F)(F)F. The molecule has 0 saturated carbocycles. The summed E-state index contributed by atoms with van der Waals surface area (Å²) in [6.45, 7) is 0. The number of nitrogens with one attached hydrogen (secondary N) is 2. The van der Waals surface area contributed by atoms with Gasteiger partial charge in [0.1, 0.15) is 11.7 Å². The largest absolute Gasteiger partial charge is 0.417 e.